The first kappa shape index (κ1) is 9.82. The minimum Gasteiger partial charge on any atom is -0.312 e. The Kier molecular flexibility index (Phi) is 4.52. The topological polar surface area (TPSA) is 35.5 Å². The molecule has 0 aromatic heterocycles. The molecule has 0 aliphatic heterocycles. The summed E-state index contributed by atoms with van der Waals surface area (Å²) in [5, 5.41) is 0. The molecule has 5 heteroatoms. The maximum atomic E-state index is 11.4. The first-order valence-corrected chi connectivity index (χ1v) is 4.37. The van der Waals surface area contributed by atoms with Crippen LogP contribution in [-0.2, 0) is 13.6 Å². The van der Waals surface area contributed by atoms with E-state index in [9.17, 15) is 8.96 Å². The van der Waals surface area contributed by atoms with Gasteiger partial charge in [0.1, 0.15) is 0 Å². The molecule has 0 aliphatic rings. The van der Waals surface area contributed by atoms with Crippen molar-refractivity contribution in [3.8, 4) is 0 Å². The zero-order valence-electron chi connectivity index (χ0n) is 5.91. The van der Waals surface area contributed by atoms with Crippen molar-refractivity contribution in [3.63, 3.8) is 0 Å². The molecule has 3 nitrogen and oxygen atoms in total. The van der Waals surface area contributed by atoms with Crippen LogP contribution in [-0.4, -0.2) is 20.4 Å². The van der Waals surface area contributed by atoms with Crippen LogP contribution in [0, 0.1) is 0 Å². The standard InChI is InChI=1S/C5H10FO3P/c1-8-10(7,9-2)5-3-4-6/h3-4H,5H2,1-2H3. The molecule has 0 radical (unpaired) electrons. The lowest BCUT2D eigenvalue weighted by Gasteiger charge is -2.09. The Labute approximate surface area is 59.4 Å². The van der Waals surface area contributed by atoms with E-state index in [-0.39, 0.29) is 6.16 Å². The average molecular weight is 168 g/mol. The van der Waals surface area contributed by atoms with Crippen LogP contribution in [0.25, 0.3) is 0 Å². The highest BCUT2D eigenvalue weighted by atomic mass is 31.2. The highest BCUT2D eigenvalue weighted by Gasteiger charge is 2.17. The Bertz CT molecular complexity index is 149. The van der Waals surface area contributed by atoms with Crippen LogP contribution in [0.3, 0.4) is 0 Å². The van der Waals surface area contributed by atoms with Gasteiger partial charge in [0.2, 0.25) is 0 Å². The van der Waals surface area contributed by atoms with Crippen molar-refractivity contribution in [2.24, 2.45) is 0 Å². The minimum atomic E-state index is -3.02. The lowest BCUT2D eigenvalue weighted by atomic mass is 10.7. The maximum absolute atomic E-state index is 11.4. The van der Waals surface area contributed by atoms with Gasteiger partial charge >= 0.3 is 7.60 Å². The fraction of sp³-hybridized carbons (Fsp3) is 0.600. The number of rotatable bonds is 4. The second kappa shape index (κ2) is 4.61. The van der Waals surface area contributed by atoms with Crippen LogP contribution >= 0.6 is 7.60 Å². The molecule has 0 rings (SSSR count). The van der Waals surface area contributed by atoms with Crippen LogP contribution < -0.4 is 0 Å². The van der Waals surface area contributed by atoms with E-state index in [0.717, 1.165) is 6.08 Å². The zero-order valence-corrected chi connectivity index (χ0v) is 6.81. The van der Waals surface area contributed by atoms with E-state index in [0.29, 0.717) is 6.33 Å². The third-order valence-corrected chi connectivity index (χ3v) is 2.75. The molecule has 0 aliphatic carbocycles. The van der Waals surface area contributed by atoms with Crippen molar-refractivity contribution in [3.05, 3.63) is 12.4 Å². The van der Waals surface area contributed by atoms with Crippen molar-refractivity contribution < 1.29 is 18.0 Å². The van der Waals surface area contributed by atoms with Crippen molar-refractivity contribution in [2.75, 3.05) is 20.4 Å². The lowest BCUT2D eigenvalue weighted by molar-refractivity contribution is 0.278. The predicted octanol–water partition coefficient (Wildman–Crippen LogP) is 1.96. The van der Waals surface area contributed by atoms with Gasteiger partial charge in [0, 0.05) is 14.2 Å². The number of allylic oxidation sites excluding steroid dienone is 1. The highest BCUT2D eigenvalue weighted by Crippen LogP contribution is 2.45. The maximum Gasteiger partial charge on any atom is 0.333 e. The predicted molar refractivity (Wildman–Crippen MR) is 36.7 cm³/mol. The molecule has 10 heavy (non-hydrogen) atoms. The SMILES string of the molecule is COP(=O)(CC=CF)OC. The summed E-state index contributed by atoms with van der Waals surface area (Å²) in [5.74, 6) is 0. The van der Waals surface area contributed by atoms with E-state index in [1.165, 1.54) is 14.2 Å². The molecule has 0 bridgehead atoms. The second-order valence-corrected chi connectivity index (χ2v) is 3.84. The summed E-state index contributed by atoms with van der Waals surface area (Å²) in [5.41, 5.74) is 0. The minimum absolute atomic E-state index is 0.0312. The van der Waals surface area contributed by atoms with Gasteiger partial charge in [0.15, 0.2) is 0 Å². The van der Waals surface area contributed by atoms with Crippen molar-refractivity contribution in [1.82, 2.24) is 0 Å². The van der Waals surface area contributed by atoms with E-state index in [4.69, 9.17) is 0 Å². The van der Waals surface area contributed by atoms with Gasteiger partial charge in [-0.15, -0.1) is 0 Å². The van der Waals surface area contributed by atoms with E-state index < -0.39 is 7.60 Å². The fourth-order valence-corrected chi connectivity index (χ4v) is 1.18. The first-order valence-electron chi connectivity index (χ1n) is 2.64. The quantitative estimate of drug-likeness (QED) is 0.602. The summed E-state index contributed by atoms with van der Waals surface area (Å²) >= 11 is 0. The smallest absolute Gasteiger partial charge is 0.312 e. The van der Waals surface area contributed by atoms with Gasteiger partial charge in [-0.2, -0.15) is 0 Å². The summed E-state index contributed by atoms with van der Waals surface area (Å²) < 4.78 is 31.4. The largest absolute Gasteiger partial charge is 0.333 e. The molecule has 0 unspecified atom stereocenters. The second-order valence-electron chi connectivity index (χ2n) is 1.52. The molecule has 60 valence electrons. The van der Waals surface area contributed by atoms with E-state index in [2.05, 4.69) is 9.05 Å². The number of hydrogen-bond acceptors (Lipinski definition) is 3. The Hall–Kier alpha value is -0.180. The molecule has 0 fully saturated rings. The molecular formula is C5H10FO3P. The van der Waals surface area contributed by atoms with Crippen LogP contribution in [0.1, 0.15) is 0 Å². The van der Waals surface area contributed by atoms with Gasteiger partial charge < -0.3 is 9.05 Å². The molecule has 0 amide bonds. The Balaban J connectivity index is 3.94. The molecule has 0 heterocycles. The van der Waals surface area contributed by atoms with Crippen molar-refractivity contribution in [1.29, 1.82) is 0 Å². The van der Waals surface area contributed by atoms with Gasteiger partial charge in [-0.3, -0.25) is 4.57 Å². The van der Waals surface area contributed by atoms with Gasteiger partial charge in [-0.25, -0.2) is 4.39 Å². The number of hydrogen-bond donors (Lipinski definition) is 0. The first-order chi connectivity index (χ1) is 4.68. The van der Waals surface area contributed by atoms with Gasteiger partial charge in [-0.05, 0) is 6.08 Å². The van der Waals surface area contributed by atoms with E-state index in [1.54, 1.807) is 0 Å². The molecule has 0 saturated heterocycles. The molecule has 0 aromatic rings. The van der Waals surface area contributed by atoms with Gasteiger partial charge in [0.25, 0.3) is 0 Å². The van der Waals surface area contributed by atoms with Crippen molar-refractivity contribution >= 4 is 7.60 Å². The van der Waals surface area contributed by atoms with Crippen LogP contribution in [0.2, 0.25) is 0 Å². The van der Waals surface area contributed by atoms with E-state index >= 15 is 0 Å². The van der Waals surface area contributed by atoms with E-state index in [1.807, 2.05) is 0 Å². The number of halogens is 1. The van der Waals surface area contributed by atoms with Crippen molar-refractivity contribution in [2.45, 2.75) is 0 Å². The summed E-state index contributed by atoms with van der Waals surface area (Å²) in [7, 11) is -0.504. The Morgan fingerprint density at radius 1 is 1.50 bits per heavy atom. The normalized spacial score (nSPS) is 12.7. The summed E-state index contributed by atoms with van der Waals surface area (Å²) in [6.45, 7) is 0. The average Bonchev–Trinajstić information content (AvgIpc) is 2.00. The van der Waals surface area contributed by atoms with Crippen LogP contribution in [0.4, 0.5) is 4.39 Å². The van der Waals surface area contributed by atoms with Gasteiger partial charge in [0.05, 0.1) is 12.5 Å². The summed E-state index contributed by atoms with van der Waals surface area (Å²) in [6, 6.07) is 0. The summed E-state index contributed by atoms with van der Waals surface area (Å²) in [4.78, 5) is 0. The molecule has 0 saturated carbocycles. The Morgan fingerprint density at radius 3 is 2.30 bits per heavy atom. The lowest BCUT2D eigenvalue weighted by Crippen LogP contribution is -1.90. The molecular weight excluding hydrogens is 158 g/mol. The highest BCUT2D eigenvalue weighted by molar-refractivity contribution is 7.54. The Morgan fingerprint density at radius 2 is 2.00 bits per heavy atom. The third kappa shape index (κ3) is 3.11. The summed E-state index contributed by atoms with van der Waals surface area (Å²) in [6.07, 6.45) is 1.37. The van der Waals surface area contributed by atoms with Crippen LogP contribution in [0.5, 0.6) is 0 Å². The molecule has 0 aromatic carbocycles. The molecule has 0 atom stereocenters. The molecule has 0 N–H and O–H groups in total. The van der Waals surface area contributed by atoms with Gasteiger partial charge in [-0.1, -0.05) is 0 Å². The zero-order chi connectivity index (χ0) is 8.04. The molecule has 0 spiro atoms. The fourth-order valence-electron chi connectivity index (χ4n) is 0.393. The van der Waals surface area contributed by atoms with Crippen LogP contribution in [0.15, 0.2) is 12.4 Å². The third-order valence-electron chi connectivity index (χ3n) is 0.974. The monoisotopic (exact) mass is 168 g/mol.